The molecule has 0 aromatic rings. The first-order valence-corrected chi connectivity index (χ1v) is 8.07. The SMILES string of the molecule is CC(C)(C)C1CC=C([C@@H](O)[C@@H]2COC(C)(C)N2C(=O)O)CC1. The molecule has 2 aliphatic rings. The van der Waals surface area contributed by atoms with Crippen molar-refractivity contribution in [1.29, 1.82) is 0 Å². The van der Waals surface area contributed by atoms with Gasteiger partial charge in [-0.25, -0.2) is 4.79 Å². The predicted molar refractivity (Wildman–Crippen MR) is 84.6 cm³/mol. The Morgan fingerprint density at radius 1 is 1.45 bits per heavy atom. The van der Waals surface area contributed by atoms with Crippen LogP contribution in [-0.2, 0) is 4.74 Å². The lowest BCUT2D eigenvalue weighted by Gasteiger charge is -2.37. The lowest BCUT2D eigenvalue weighted by molar-refractivity contribution is -0.0454. The van der Waals surface area contributed by atoms with Crippen LogP contribution in [0.5, 0.6) is 0 Å². The average molecular weight is 311 g/mol. The summed E-state index contributed by atoms with van der Waals surface area (Å²) in [6, 6.07) is -0.523. The van der Waals surface area contributed by atoms with E-state index in [2.05, 4.69) is 26.8 Å². The Morgan fingerprint density at radius 3 is 2.55 bits per heavy atom. The van der Waals surface area contributed by atoms with Crippen molar-refractivity contribution in [3.8, 4) is 0 Å². The van der Waals surface area contributed by atoms with E-state index in [9.17, 15) is 15.0 Å². The highest BCUT2D eigenvalue weighted by molar-refractivity contribution is 5.67. The number of nitrogens with zero attached hydrogens (tertiary/aromatic N) is 1. The summed E-state index contributed by atoms with van der Waals surface area (Å²) >= 11 is 0. The smallest absolute Gasteiger partial charge is 0.410 e. The van der Waals surface area contributed by atoms with Gasteiger partial charge in [0.25, 0.3) is 0 Å². The number of carboxylic acid groups (broad SMARTS) is 1. The molecule has 1 amide bonds. The first-order valence-electron chi connectivity index (χ1n) is 8.07. The van der Waals surface area contributed by atoms with Gasteiger partial charge in [-0.05, 0) is 50.0 Å². The monoisotopic (exact) mass is 311 g/mol. The molecular weight excluding hydrogens is 282 g/mol. The Morgan fingerprint density at radius 2 is 2.09 bits per heavy atom. The van der Waals surface area contributed by atoms with Gasteiger partial charge < -0.3 is 14.9 Å². The van der Waals surface area contributed by atoms with Crippen molar-refractivity contribution < 1.29 is 19.7 Å². The van der Waals surface area contributed by atoms with Crippen LogP contribution in [0.1, 0.15) is 53.9 Å². The van der Waals surface area contributed by atoms with Gasteiger partial charge in [-0.15, -0.1) is 0 Å². The van der Waals surface area contributed by atoms with Crippen LogP contribution in [0.2, 0.25) is 0 Å². The third-order valence-electron chi connectivity index (χ3n) is 5.14. The van der Waals surface area contributed by atoms with Gasteiger partial charge in [-0.1, -0.05) is 26.8 Å². The minimum atomic E-state index is -1.05. The van der Waals surface area contributed by atoms with E-state index in [1.807, 2.05) is 0 Å². The molecule has 0 bridgehead atoms. The van der Waals surface area contributed by atoms with E-state index < -0.39 is 24.0 Å². The lowest BCUT2D eigenvalue weighted by Crippen LogP contribution is -2.51. The number of rotatable bonds is 2. The summed E-state index contributed by atoms with van der Waals surface area (Å²) in [5.74, 6) is 0.607. The molecule has 1 heterocycles. The Hall–Kier alpha value is -1.07. The van der Waals surface area contributed by atoms with Crippen LogP contribution in [0.3, 0.4) is 0 Å². The van der Waals surface area contributed by atoms with Gasteiger partial charge in [0.05, 0.1) is 18.8 Å². The summed E-state index contributed by atoms with van der Waals surface area (Å²) in [6.07, 6.45) is 3.09. The molecule has 0 saturated carbocycles. The van der Waals surface area contributed by atoms with Gasteiger partial charge in [0.2, 0.25) is 0 Å². The van der Waals surface area contributed by atoms with Crippen molar-refractivity contribution in [2.45, 2.75) is 71.8 Å². The molecule has 0 aromatic carbocycles. The molecule has 0 aromatic heterocycles. The molecule has 2 N–H and O–H groups in total. The number of aliphatic hydroxyl groups is 1. The Balaban J connectivity index is 2.11. The molecule has 3 atom stereocenters. The summed E-state index contributed by atoms with van der Waals surface area (Å²) in [7, 11) is 0. The number of ether oxygens (including phenoxy) is 1. The number of hydrogen-bond acceptors (Lipinski definition) is 3. The Bertz CT molecular complexity index is 464. The normalized spacial score (nSPS) is 30.1. The van der Waals surface area contributed by atoms with E-state index in [1.54, 1.807) is 13.8 Å². The number of carbonyl (C=O) groups is 1. The van der Waals surface area contributed by atoms with E-state index in [-0.39, 0.29) is 12.0 Å². The predicted octanol–water partition coefficient (Wildman–Crippen LogP) is 3.23. The van der Waals surface area contributed by atoms with Gasteiger partial charge in [0, 0.05) is 0 Å². The number of hydrogen-bond donors (Lipinski definition) is 2. The van der Waals surface area contributed by atoms with Crippen molar-refractivity contribution in [2.24, 2.45) is 11.3 Å². The van der Waals surface area contributed by atoms with Gasteiger partial charge in [0.1, 0.15) is 5.72 Å². The molecule has 0 spiro atoms. The lowest BCUT2D eigenvalue weighted by atomic mass is 9.72. The summed E-state index contributed by atoms with van der Waals surface area (Å²) in [5, 5.41) is 20.1. The molecule has 126 valence electrons. The highest BCUT2D eigenvalue weighted by atomic mass is 16.5. The van der Waals surface area contributed by atoms with Crippen LogP contribution in [-0.4, -0.2) is 45.7 Å². The fourth-order valence-electron chi connectivity index (χ4n) is 3.59. The first kappa shape index (κ1) is 17.3. The van der Waals surface area contributed by atoms with E-state index in [0.717, 1.165) is 24.8 Å². The third-order valence-corrected chi connectivity index (χ3v) is 5.14. The molecule has 1 fully saturated rings. The largest absolute Gasteiger partial charge is 0.465 e. The van der Waals surface area contributed by atoms with Crippen LogP contribution in [0.15, 0.2) is 11.6 Å². The van der Waals surface area contributed by atoms with Gasteiger partial charge in [-0.3, -0.25) is 4.90 Å². The van der Waals surface area contributed by atoms with Crippen molar-refractivity contribution in [3.63, 3.8) is 0 Å². The summed E-state index contributed by atoms with van der Waals surface area (Å²) in [6.45, 7) is 10.4. The number of aliphatic hydroxyl groups excluding tert-OH is 1. The van der Waals surface area contributed by atoms with Gasteiger partial charge >= 0.3 is 6.09 Å². The minimum absolute atomic E-state index is 0.237. The Kier molecular flexibility index (Phi) is 4.60. The second-order valence-corrected chi connectivity index (χ2v) is 8.04. The van der Waals surface area contributed by atoms with Crippen molar-refractivity contribution in [1.82, 2.24) is 4.90 Å². The fourth-order valence-corrected chi connectivity index (χ4v) is 3.59. The molecule has 1 aliphatic heterocycles. The van der Waals surface area contributed by atoms with E-state index in [0.29, 0.717) is 5.92 Å². The number of allylic oxidation sites excluding steroid dienone is 1. The molecule has 5 nitrogen and oxygen atoms in total. The fraction of sp³-hybridized carbons (Fsp3) is 0.824. The average Bonchev–Trinajstić information content (AvgIpc) is 2.72. The summed E-state index contributed by atoms with van der Waals surface area (Å²) in [5.41, 5.74) is 0.331. The molecule has 1 saturated heterocycles. The van der Waals surface area contributed by atoms with Crippen LogP contribution < -0.4 is 0 Å². The zero-order valence-corrected chi connectivity index (χ0v) is 14.3. The maximum Gasteiger partial charge on any atom is 0.410 e. The van der Waals surface area contributed by atoms with Crippen molar-refractivity contribution in [3.05, 3.63) is 11.6 Å². The van der Waals surface area contributed by atoms with Crippen molar-refractivity contribution in [2.75, 3.05) is 6.61 Å². The quantitative estimate of drug-likeness (QED) is 0.768. The molecule has 22 heavy (non-hydrogen) atoms. The van der Waals surface area contributed by atoms with Crippen LogP contribution in [0.4, 0.5) is 4.79 Å². The van der Waals surface area contributed by atoms with Crippen molar-refractivity contribution >= 4 is 6.09 Å². The maximum absolute atomic E-state index is 11.5. The third kappa shape index (κ3) is 3.30. The van der Waals surface area contributed by atoms with Crippen LogP contribution >= 0.6 is 0 Å². The zero-order chi connectivity index (χ0) is 16.7. The highest BCUT2D eigenvalue weighted by Gasteiger charge is 2.47. The second-order valence-electron chi connectivity index (χ2n) is 8.04. The first-order chi connectivity index (χ1) is 10.0. The van der Waals surface area contributed by atoms with Crippen LogP contribution in [0, 0.1) is 11.3 Å². The number of amides is 1. The van der Waals surface area contributed by atoms with Gasteiger partial charge in [-0.2, -0.15) is 0 Å². The highest BCUT2D eigenvalue weighted by Crippen LogP contribution is 2.39. The van der Waals surface area contributed by atoms with E-state index in [1.165, 1.54) is 4.90 Å². The molecule has 1 unspecified atom stereocenters. The van der Waals surface area contributed by atoms with E-state index >= 15 is 0 Å². The van der Waals surface area contributed by atoms with Crippen LogP contribution in [0.25, 0.3) is 0 Å². The second kappa shape index (κ2) is 5.85. The molecular formula is C17H29NO4. The zero-order valence-electron chi connectivity index (χ0n) is 14.3. The van der Waals surface area contributed by atoms with E-state index in [4.69, 9.17) is 4.74 Å². The topological polar surface area (TPSA) is 70.0 Å². The van der Waals surface area contributed by atoms with Gasteiger partial charge in [0.15, 0.2) is 0 Å². The molecule has 1 aliphatic carbocycles. The Labute approximate surface area is 133 Å². The molecule has 5 heteroatoms. The summed E-state index contributed by atoms with van der Waals surface area (Å²) < 4.78 is 5.57. The maximum atomic E-state index is 11.5. The summed E-state index contributed by atoms with van der Waals surface area (Å²) in [4.78, 5) is 12.8. The standard InChI is InChI=1S/C17H29NO4/c1-16(2,3)12-8-6-11(7-9-12)14(19)13-10-22-17(4,5)18(13)15(20)21/h6,12-14,19H,7-10H2,1-5H3,(H,20,21)/t12?,13-,14+/m0/s1. The molecule has 0 radical (unpaired) electrons. The molecule has 2 rings (SSSR count). The minimum Gasteiger partial charge on any atom is -0.465 e.